The lowest BCUT2D eigenvalue weighted by Crippen LogP contribution is -2.33. The Morgan fingerprint density at radius 1 is 1.27 bits per heavy atom. The zero-order valence-electron chi connectivity index (χ0n) is 13.1. The van der Waals surface area contributed by atoms with Crippen LogP contribution < -0.4 is 4.74 Å². The molecular formula is C17H23NO4. The van der Waals surface area contributed by atoms with E-state index in [4.69, 9.17) is 9.84 Å². The first kappa shape index (κ1) is 16.3. The van der Waals surface area contributed by atoms with E-state index in [2.05, 4.69) is 0 Å². The zero-order valence-corrected chi connectivity index (χ0v) is 13.1. The van der Waals surface area contributed by atoms with Crippen molar-refractivity contribution in [2.45, 2.75) is 25.7 Å². The standard InChI is InChI=1S/C17H23NO4/c1-18(10-9-12-5-3-4-6-15(12)22-2)16(19)13-7-8-14(11-13)17(20)21/h3-6,13-14H,7-11H2,1-2H3,(H,20,21)/t13-,14+/m1/s1. The van der Waals surface area contributed by atoms with Crippen molar-refractivity contribution in [3.63, 3.8) is 0 Å². The van der Waals surface area contributed by atoms with Crippen molar-refractivity contribution >= 4 is 11.9 Å². The van der Waals surface area contributed by atoms with Crippen molar-refractivity contribution in [1.82, 2.24) is 4.90 Å². The molecule has 1 aromatic carbocycles. The molecule has 0 aliphatic heterocycles. The number of aliphatic carboxylic acids is 1. The molecule has 5 nitrogen and oxygen atoms in total. The van der Waals surface area contributed by atoms with Gasteiger partial charge in [0.15, 0.2) is 0 Å². The van der Waals surface area contributed by atoms with Crippen LogP contribution in [0, 0.1) is 11.8 Å². The fourth-order valence-corrected chi connectivity index (χ4v) is 3.05. The summed E-state index contributed by atoms with van der Waals surface area (Å²) in [6.07, 6.45) is 2.47. The minimum Gasteiger partial charge on any atom is -0.496 e. The Balaban J connectivity index is 1.88. The van der Waals surface area contributed by atoms with Gasteiger partial charge in [0.2, 0.25) is 5.91 Å². The fraction of sp³-hybridized carbons (Fsp3) is 0.529. The molecule has 0 heterocycles. The Labute approximate surface area is 130 Å². The van der Waals surface area contributed by atoms with Gasteiger partial charge in [0.1, 0.15) is 5.75 Å². The second-order valence-corrected chi connectivity index (χ2v) is 5.87. The Bertz CT molecular complexity index is 543. The van der Waals surface area contributed by atoms with Crippen LogP contribution in [-0.4, -0.2) is 42.6 Å². The topological polar surface area (TPSA) is 66.8 Å². The van der Waals surface area contributed by atoms with Gasteiger partial charge in [-0.15, -0.1) is 0 Å². The number of methoxy groups -OCH3 is 1. The van der Waals surface area contributed by atoms with E-state index in [0.717, 1.165) is 17.7 Å². The van der Waals surface area contributed by atoms with Gasteiger partial charge in [-0.3, -0.25) is 9.59 Å². The summed E-state index contributed by atoms with van der Waals surface area (Å²) < 4.78 is 5.31. The van der Waals surface area contributed by atoms with Crippen LogP contribution in [0.15, 0.2) is 24.3 Å². The molecule has 22 heavy (non-hydrogen) atoms. The highest BCUT2D eigenvalue weighted by Gasteiger charge is 2.34. The maximum absolute atomic E-state index is 12.4. The number of carboxylic acids is 1. The minimum atomic E-state index is -0.785. The highest BCUT2D eigenvalue weighted by atomic mass is 16.5. The molecule has 1 amide bonds. The maximum atomic E-state index is 12.4. The van der Waals surface area contributed by atoms with Crippen LogP contribution in [0.4, 0.5) is 0 Å². The summed E-state index contributed by atoms with van der Waals surface area (Å²) in [4.78, 5) is 25.1. The van der Waals surface area contributed by atoms with Gasteiger partial charge >= 0.3 is 5.97 Å². The summed E-state index contributed by atoms with van der Waals surface area (Å²) in [6, 6.07) is 7.77. The Morgan fingerprint density at radius 2 is 1.95 bits per heavy atom. The molecule has 1 aromatic rings. The zero-order chi connectivity index (χ0) is 16.1. The summed E-state index contributed by atoms with van der Waals surface area (Å²) in [5.41, 5.74) is 1.07. The molecule has 1 saturated carbocycles. The molecule has 0 spiro atoms. The number of carboxylic acid groups (broad SMARTS) is 1. The number of carbonyl (C=O) groups excluding carboxylic acids is 1. The number of hydrogen-bond donors (Lipinski definition) is 1. The number of likely N-dealkylation sites (N-methyl/N-ethyl adjacent to an activating group) is 1. The van der Waals surface area contributed by atoms with Crippen molar-refractivity contribution in [2.75, 3.05) is 20.7 Å². The van der Waals surface area contributed by atoms with Crippen LogP contribution in [0.25, 0.3) is 0 Å². The van der Waals surface area contributed by atoms with E-state index < -0.39 is 5.97 Å². The van der Waals surface area contributed by atoms with Crippen molar-refractivity contribution in [3.8, 4) is 5.75 Å². The summed E-state index contributed by atoms with van der Waals surface area (Å²) in [5, 5.41) is 9.02. The molecule has 2 atom stereocenters. The van der Waals surface area contributed by atoms with Gasteiger partial charge in [-0.2, -0.15) is 0 Å². The third-order valence-corrected chi connectivity index (χ3v) is 4.42. The number of amides is 1. The highest BCUT2D eigenvalue weighted by molar-refractivity contribution is 5.80. The summed E-state index contributed by atoms with van der Waals surface area (Å²) in [6.45, 7) is 0.605. The number of rotatable bonds is 6. The van der Waals surface area contributed by atoms with Gasteiger partial charge in [0.25, 0.3) is 0 Å². The quantitative estimate of drug-likeness (QED) is 0.875. The van der Waals surface area contributed by atoms with Gasteiger partial charge in [0, 0.05) is 19.5 Å². The molecule has 0 saturated heterocycles. The second kappa shape index (κ2) is 7.29. The van der Waals surface area contributed by atoms with E-state index in [9.17, 15) is 9.59 Å². The largest absolute Gasteiger partial charge is 0.496 e. The van der Waals surface area contributed by atoms with E-state index in [0.29, 0.717) is 25.8 Å². The summed E-state index contributed by atoms with van der Waals surface area (Å²) in [7, 11) is 3.42. The third kappa shape index (κ3) is 3.78. The number of nitrogens with zero attached hydrogens (tertiary/aromatic N) is 1. The minimum absolute atomic E-state index is 0.0543. The van der Waals surface area contributed by atoms with Crippen LogP contribution >= 0.6 is 0 Å². The highest BCUT2D eigenvalue weighted by Crippen LogP contribution is 2.32. The van der Waals surface area contributed by atoms with E-state index in [1.54, 1.807) is 19.1 Å². The van der Waals surface area contributed by atoms with Crippen molar-refractivity contribution < 1.29 is 19.4 Å². The number of para-hydroxylation sites is 1. The monoisotopic (exact) mass is 305 g/mol. The molecule has 1 N–H and O–H groups in total. The number of carbonyl (C=O) groups is 2. The lowest BCUT2D eigenvalue weighted by atomic mass is 10.0. The van der Waals surface area contributed by atoms with Crippen molar-refractivity contribution in [2.24, 2.45) is 11.8 Å². The van der Waals surface area contributed by atoms with Crippen LogP contribution in [-0.2, 0) is 16.0 Å². The van der Waals surface area contributed by atoms with Gasteiger partial charge in [-0.05, 0) is 37.3 Å². The normalized spacial score (nSPS) is 20.6. The molecule has 0 unspecified atom stereocenters. The predicted molar refractivity (Wildman–Crippen MR) is 82.8 cm³/mol. The van der Waals surface area contributed by atoms with Crippen LogP contribution in [0.1, 0.15) is 24.8 Å². The predicted octanol–water partition coefficient (Wildman–Crippen LogP) is 2.20. The maximum Gasteiger partial charge on any atom is 0.306 e. The van der Waals surface area contributed by atoms with Gasteiger partial charge in [0.05, 0.1) is 13.0 Å². The lowest BCUT2D eigenvalue weighted by molar-refractivity contribution is -0.141. The first-order chi connectivity index (χ1) is 10.5. The van der Waals surface area contributed by atoms with Crippen molar-refractivity contribution in [3.05, 3.63) is 29.8 Å². The van der Waals surface area contributed by atoms with Gasteiger partial charge < -0.3 is 14.7 Å². The molecule has 0 radical (unpaired) electrons. The van der Waals surface area contributed by atoms with E-state index in [-0.39, 0.29) is 17.7 Å². The number of benzene rings is 1. The first-order valence-electron chi connectivity index (χ1n) is 7.62. The molecule has 0 aromatic heterocycles. The Morgan fingerprint density at radius 3 is 2.59 bits per heavy atom. The molecular weight excluding hydrogens is 282 g/mol. The van der Waals surface area contributed by atoms with Gasteiger partial charge in [-0.1, -0.05) is 18.2 Å². The number of hydrogen-bond acceptors (Lipinski definition) is 3. The van der Waals surface area contributed by atoms with E-state index in [1.807, 2.05) is 24.3 Å². The smallest absolute Gasteiger partial charge is 0.306 e. The van der Waals surface area contributed by atoms with Gasteiger partial charge in [-0.25, -0.2) is 0 Å². The van der Waals surface area contributed by atoms with E-state index in [1.165, 1.54) is 0 Å². The average Bonchev–Trinajstić information content (AvgIpc) is 3.02. The van der Waals surface area contributed by atoms with Crippen molar-refractivity contribution in [1.29, 1.82) is 0 Å². The molecule has 1 aliphatic carbocycles. The first-order valence-corrected chi connectivity index (χ1v) is 7.62. The Kier molecular flexibility index (Phi) is 5.41. The molecule has 1 fully saturated rings. The van der Waals surface area contributed by atoms with Crippen LogP contribution in [0.3, 0.4) is 0 Å². The SMILES string of the molecule is COc1ccccc1CCN(C)C(=O)[C@@H]1CC[C@H](C(=O)O)C1. The molecule has 1 aliphatic rings. The fourth-order valence-electron chi connectivity index (χ4n) is 3.05. The average molecular weight is 305 g/mol. The second-order valence-electron chi connectivity index (χ2n) is 5.87. The Hall–Kier alpha value is -2.04. The van der Waals surface area contributed by atoms with E-state index >= 15 is 0 Å². The summed E-state index contributed by atoms with van der Waals surface area (Å²) in [5.74, 6) is -0.416. The molecule has 5 heteroatoms. The third-order valence-electron chi connectivity index (χ3n) is 4.42. The molecule has 0 bridgehead atoms. The molecule has 120 valence electrons. The summed E-state index contributed by atoms with van der Waals surface area (Å²) >= 11 is 0. The molecule has 2 rings (SSSR count). The van der Waals surface area contributed by atoms with Crippen LogP contribution in [0.5, 0.6) is 5.75 Å². The lowest BCUT2D eigenvalue weighted by Gasteiger charge is -2.21. The van der Waals surface area contributed by atoms with Crippen LogP contribution in [0.2, 0.25) is 0 Å². The number of ether oxygens (including phenoxy) is 1.